The van der Waals surface area contributed by atoms with E-state index >= 15 is 0 Å². The van der Waals surface area contributed by atoms with Crippen LogP contribution in [0.25, 0.3) is 0 Å². The zero-order valence-electron chi connectivity index (χ0n) is 7.49. The van der Waals surface area contributed by atoms with Gasteiger partial charge in [-0.3, -0.25) is 0 Å². The molecule has 0 bridgehead atoms. The largest absolute Gasteiger partial charge is 0.420 e. The molecule has 1 fully saturated rings. The maximum Gasteiger partial charge on any atom is 0.420 e. The molecule has 2 atom stereocenters. The highest BCUT2D eigenvalue weighted by atomic mass is 19.3. The number of alkyl halides is 4. The highest BCUT2D eigenvalue weighted by Gasteiger charge is 2.70. The smallest absolute Gasteiger partial charge is 0.312 e. The molecule has 0 N–H and O–H groups in total. The molecule has 1 heterocycles. The number of hydrogen-bond donors (Lipinski definition) is 0. The molecule has 0 aromatic heterocycles. The predicted octanol–water partition coefficient (Wildman–Crippen LogP) is 3.05. The van der Waals surface area contributed by atoms with Gasteiger partial charge in [-0.05, 0) is 12.8 Å². The van der Waals surface area contributed by atoms with Crippen LogP contribution in [0.4, 0.5) is 17.6 Å². The van der Waals surface area contributed by atoms with Crippen molar-refractivity contribution in [3.63, 3.8) is 0 Å². The van der Waals surface area contributed by atoms with E-state index < -0.39 is 24.1 Å². The fraction of sp³-hybridized carbons (Fsp3) is 1.00. The first-order chi connectivity index (χ1) is 5.86. The number of hydrogen-bond acceptors (Lipinski definition) is 1. The van der Waals surface area contributed by atoms with E-state index in [0.29, 0.717) is 0 Å². The van der Waals surface area contributed by atoms with Gasteiger partial charge in [-0.2, -0.15) is 17.6 Å². The van der Waals surface area contributed by atoms with Crippen LogP contribution in [0.5, 0.6) is 0 Å². The summed E-state index contributed by atoms with van der Waals surface area (Å²) < 4.78 is 55.2. The van der Waals surface area contributed by atoms with Crippen LogP contribution >= 0.6 is 0 Å². The standard InChI is InChI=1S/C8H12F4O/c1-3-5-6(4-2)13-8(11,12)7(5,9)10/h5-6H,3-4H2,1-2H3. The lowest BCUT2D eigenvalue weighted by atomic mass is 9.93. The van der Waals surface area contributed by atoms with E-state index in [-0.39, 0.29) is 12.8 Å². The molecular formula is C8H12F4O. The fourth-order valence-corrected chi connectivity index (χ4v) is 1.69. The molecule has 1 saturated heterocycles. The molecule has 5 heteroatoms. The molecule has 78 valence electrons. The second-order valence-electron chi connectivity index (χ2n) is 3.22. The third-order valence-electron chi connectivity index (χ3n) is 2.44. The third-order valence-corrected chi connectivity index (χ3v) is 2.44. The van der Waals surface area contributed by atoms with Gasteiger partial charge in [0, 0.05) is 0 Å². The molecule has 2 unspecified atom stereocenters. The minimum Gasteiger partial charge on any atom is -0.312 e. The summed E-state index contributed by atoms with van der Waals surface area (Å²) in [6, 6.07) is 0. The zero-order valence-corrected chi connectivity index (χ0v) is 7.49. The molecule has 0 radical (unpaired) electrons. The Morgan fingerprint density at radius 1 is 1.08 bits per heavy atom. The summed E-state index contributed by atoms with van der Waals surface area (Å²) >= 11 is 0. The Labute approximate surface area is 74.1 Å². The lowest BCUT2D eigenvalue weighted by Crippen LogP contribution is -2.40. The maximum atomic E-state index is 12.9. The van der Waals surface area contributed by atoms with E-state index in [1.807, 2.05) is 0 Å². The number of ether oxygens (including phenoxy) is 1. The van der Waals surface area contributed by atoms with Crippen molar-refractivity contribution in [1.29, 1.82) is 0 Å². The molecule has 0 aromatic rings. The minimum absolute atomic E-state index is 0.00109. The summed E-state index contributed by atoms with van der Waals surface area (Å²) in [6.07, 6.45) is -5.14. The van der Waals surface area contributed by atoms with Gasteiger partial charge in [0.1, 0.15) is 0 Å². The van der Waals surface area contributed by atoms with Gasteiger partial charge in [0.2, 0.25) is 0 Å². The van der Waals surface area contributed by atoms with Gasteiger partial charge in [-0.15, -0.1) is 0 Å². The first kappa shape index (κ1) is 10.8. The SMILES string of the molecule is CCC1OC(F)(F)C(F)(F)C1CC. The molecule has 0 amide bonds. The Kier molecular flexibility index (Phi) is 2.58. The first-order valence-corrected chi connectivity index (χ1v) is 4.30. The minimum atomic E-state index is -4.30. The van der Waals surface area contributed by atoms with Crippen molar-refractivity contribution in [2.75, 3.05) is 0 Å². The Morgan fingerprint density at radius 3 is 1.92 bits per heavy atom. The van der Waals surface area contributed by atoms with Crippen LogP contribution in [0.1, 0.15) is 26.7 Å². The molecule has 1 aliphatic rings. The van der Waals surface area contributed by atoms with Gasteiger partial charge in [0.05, 0.1) is 12.0 Å². The molecule has 1 nitrogen and oxygen atoms in total. The van der Waals surface area contributed by atoms with Gasteiger partial charge in [0.15, 0.2) is 0 Å². The van der Waals surface area contributed by atoms with E-state index in [1.165, 1.54) is 6.92 Å². The van der Waals surface area contributed by atoms with Gasteiger partial charge < -0.3 is 4.74 Å². The monoisotopic (exact) mass is 200 g/mol. The van der Waals surface area contributed by atoms with Crippen LogP contribution < -0.4 is 0 Å². The highest BCUT2D eigenvalue weighted by Crippen LogP contribution is 2.51. The molecule has 0 spiro atoms. The van der Waals surface area contributed by atoms with Gasteiger partial charge in [-0.25, -0.2) is 0 Å². The van der Waals surface area contributed by atoms with Gasteiger partial charge in [0.25, 0.3) is 0 Å². The second-order valence-corrected chi connectivity index (χ2v) is 3.22. The van der Waals surface area contributed by atoms with Gasteiger partial charge >= 0.3 is 12.0 Å². The van der Waals surface area contributed by atoms with Crippen molar-refractivity contribution in [3.8, 4) is 0 Å². The van der Waals surface area contributed by atoms with Crippen molar-refractivity contribution in [2.45, 2.75) is 44.8 Å². The van der Waals surface area contributed by atoms with Crippen LogP contribution in [-0.2, 0) is 4.74 Å². The maximum absolute atomic E-state index is 12.9. The van der Waals surface area contributed by atoms with Crippen LogP contribution in [0, 0.1) is 5.92 Å². The van der Waals surface area contributed by atoms with Crippen molar-refractivity contribution < 1.29 is 22.3 Å². The average Bonchev–Trinajstić information content (AvgIpc) is 2.19. The molecule has 0 aromatic carbocycles. The molecule has 0 saturated carbocycles. The number of halogens is 4. The average molecular weight is 200 g/mol. The van der Waals surface area contributed by atoms with E-state index in [4.69, 9.17) is 0 Å². The summed E-state index contributed by atoms with van der Waals surface area (Å²) in [6.45, 7) is 3.02. The predicted molar refractivity (Wildman–Crippen MR) is 38.8 cm³/mol. The van der Waals surface area contributed by atoms with E-state index in [0.717, 1.165) is 0 Å². The number of rotatable bonds is 2. The quantitative estimate of drug-likeness (QED) is 0.622. The van der Waals surface area contributed by atoms with Crippen molar-refractivity contribution in [1.82, 2.24) is 0 Å². The molecular weight excluding hydrogens is 188 g/mol. The Morgan fingerprint density at radius 2 is 1.62 bits per heavy atom. The van der Waals surface area contributed by atoms with Crippen molar-refractivity contribution >= 4 is 0 Å². The summed E-state index contributed by atoms with van der Waals surface area (Å²) in [5.74, 6) is -5.39. The van der Waals surface area contributed by atoms with E-state index in [2.05, 4.69) is 4.74 Å². The topological polar surface area (TPSA) is 9.23 Å². The zero-order chi connectivity index (χ0) is 10.3. The summed E-state index contributed by atoms with van der Waals surface area (Å²) in [7, 11) is 0. The van der Waals surface area contributed by atoms with Crippen molar-refractivity contribution in [2.24, 2.45) is 5.92 Å². The van der Waals surface area contributed by atoms with E-state index in [1.54, 1.807) is 6.92 Å². The Balaban J connectivity index is 2.92. The highest BCUT2D eigenvalue weighted by molar-refractivity contribution is 4.95. The third kappa shape index (κ3) is 1.43. The molecule has 1 aliphatic heterocycles. The van der Waals surface area contributed by atoms with Crippen LogP contribution in [0.15, 0.2) is 0 Å². The Bertz CT molecular complexity index is 193. The van der Waals surface area contributed by atoms with Crippen LogP contribution in [-0.4, -0.2) is 18.1 Å². The summed E-state index contributed by atoms with van der Waals surface area (Å²) in [5.41, 5.74) is 0. The second kappa shape index (κ2) is 3.12. The molecule has 1 rings (SSSR count). The van der Waals surface area contributed by atoms with Crippen molar-refractivity contribution in [3.05, 3.63) is 0 Å². The molecule has 0 aliphatic carbocycles. The summed E-state index contributed by atoms with van der Waals surface area (Å²) in [4.78, 5) is 0. The van der Waals surface area contributed by atoms with Crippen LogP contribution in [0.2, 0.25) is 0 Å². The van der Waals surface area contributed by atoms with Crippen LogP contribution in [0.3, 0.4) is 0 Å². The lowest BCUT2D eigenvalue weighted by Gasteiger charge is -2.20. The summed E-state index contributed by atoms with van der Waals surface area (Å²) in [5, 5.41) is 0. The fourth-order valence-electron chi connectivity index (χ4n) is 1.69. The first-order valence-electron chi connectivity index (χ1n) is 4.30. The Hall–Kier alpha value is -0.320. The normalized spacial score (nSPS) is 36.5. The van der Waals surface area contributed by atoms with E-state index in [9.17, 15) is 17.6 Å². The molecule has 13 heavy (non-hydrogen) atoms. The lowest BCUT2D eigenvalue weighted by molar-refractivity contribution is -0.313. The van der Waals surface area contributed by atoms with Gasteiger partial charge in [-0.1, -0.05) is 13.8 Å².